The third kappa shape index (κ3) is 4.47. The van der Waals surface area contributed by atoms with E-state index in [0.717, 1.165) is 32.1 Å². The molecule has 0 spiro atoms. The Morgan fingerprint density at radius 2 is 1.54 bits per heavy atom. The van der Waals surface area contributed by atoms with Gasteiger partial charge in [0.1, 0.15) is 0 Å². The van der Waals surface area contributed by atoms with E-state index in [1.807, 2.05) is 0 Å². The minimum Gasteiger partial charge on any atom is -0.456 e. The van der Waals surface area contributed by atoms with E-state index in [4.69, 9.17) is 4.74 Å². The molecule has 0 aromatic heterocycles. The van der Waals surface area contributed by atoms with Crippen LogP contribution in [0.3, 0.4) is 0 Å². The predicted octanol–water partition coefficient (Wildman–Crippen LogP) is 1.24. The number of esters is 1. The zero-order chi connectivity index (χ0) is 19.7. The number of ether oxygens (including phenoxy) is 1. The van der Waals surface area contributed by atoms with Crippen molar-refractivity contribution in [3.8, 4) is 0 Å². The van der Waals surface area contributed by atoms with Crippen molar-refractivity contribution in [1.29, 1.82) is 0 Å². The summed E-state index contributed by atoms with van der Waals surface area (Å²) in [7, 11) is 0. The molecule has 28 heavy (non-hydrogen) atoms. The number of hydrogen-bond acceptors (Lipinski definition) is 5. The Hall–Kier alpha value is -2.12. The molecular formula is C20H29N3O5. The zero-order valence-electron chi connectivity index (χ0n) is 16.1. The molecule has 0 aliphatic heterocycles. The molecule has 5 saturated carbocycles. The van der Waals surface area contributed by atoms with Gasteiger partial charge >= 0.3 is 12.0 Å². The summed E-state index contributed by atoms with van der Waals surface area (Å²) in [6.07, 6.45) is 8.64. The maximum atomic E-state index is 12.8. The third-order valence-electron chi connectivity index (χ3n) is 6.66. The quantitative estimate of drug-likeness (QED) is 0.565. The molecule has 0 aromatic rings. The molecule has 5 aliphatic rings. The van der Waals surface area contributed by atoms with Crippen molar-refractivity contribution in [3.05, 3.63) is 0 Å². The van der Waals surface area contributed by atoms with Crippen LogP contribution in [0, 0.1) is 23.2 Å². The van der Waals surface area contributed by atoms with Crippen LogP contribution >= 0.6 is 0 Å². The summed E-state index contributed by atoms with van der Waals surface area (Å²) >= 11 is 0. The number of carbonyl (C=O) groups is 4. The minimum atomic E-state index is -0.663. The summed E-state index contributed by atoms with van der Waals surface area (Å²) in [5.74, 6) is 0.925. The van der Waals surface area contributed by atoms with Crippen molar-refractivity contribution in [2.45, 2.75) is 63.8 Å². The molecule has 5 aliphatic carbocycles. The molecule has 8 nitrogen and oxygen atoms in total. The first-order valence-corrected chi connectivity index (χ1v) is 10.5. The first-order chi connectivity index (χ1) is 13.4. The Balaban J connectivity index is 1.13. The van der Waals surface area contributed by atoms with Crippen molar-refractivity contribution in [1.82, 2.24) is 16.0 Å². The molecular weight excluding hydrogens is 362 g/mol. The maximum absolute atomic E-state index is 12.8. The summed E-state index contributed by atoms with van der Waals surface area (Å²) < 4.78 is 4.87. The van der Waals surface area contributed by atoms with Crippen LogP contribution in [-0.4, -0.2) is 43.0 Å². The summed E-state index contributed by atoms with van der Waals surface area (Å²) in [6.45, 7) is -0.289. The van der Waals surface area contributed by atoms with Gasteiger partial charge < -0.3 is 15.4 Å². The van der Waals surface area contributed by atoms with Gasteiger partial charge in [0.25, 0.3) is 5.91 Å². The minimum absolute atomic E-state index is 0.0135. The van der Waals surface area contributed by atoms with E-state index in [2.05, 4.69) is 16.0 Å². The Bertz CT molecular complexity index is 637. The monoisotopic (exact) mass is 391 g/mol. The van der Waals surface area contributed by atoms with Gasteiger partial charge in [-0.3, -0.25) is 19.7 Å². The van der Waals surface area contributed by atoms with Crippen molar-refractivity contribution in [3.63, 3.8) is 0 Å². The summed E-state index contributed by atoms with van der Waals surface area (Å²) in [5.41, 5.74) is -0.229. The maximum Gasteiger partial charge on any atom is 0.321 e. The largest absolute Gasteiger partial charge is 0.456 e. The molecule has 4 amide bonds. The van der Waals surface area contributed by atoms with Gasteiger partial charge in [-0.1, -0.05) is 0 Å². The normalized spacial score (nSPS) is 32.5. The van der Waals surface area contributed by atoms with Crippen LogP contribution in [0.2, 0.25) is 0 Å². The van der Waals surface area contributed by atoms with Gasteiger partial charge in [0.15, 0.2) is 6.61 Å². The Morgan fingerprint density at radius 3 is 2.11 bits per heavy atom. The van der Waals surface area contributed by atoms with Crippen LogP contribution in [0.1, 0.15) is 57.8 Å². The highest BCUT2D eigenvalue weighted by Gasteiger charge is 2.54. The number of amides is 4. The average molecular weight is 391 g/mol. The second-order valence-electron chi connectivity index (χ2n) is 9.16. The number of hydrogen-bond donors (Lipinski definition) is 3. The van der Waals surface area contributed by atoms with Crippen LogP contribution in [0.5, 0.6) is 0 Å². The molecule has 154 valence electrons. The molecule has 0 radical (unpaired) electrons. The summed E-state index contributed by atoms with van der Waals surface area (Å²) in [5, 5.41) is 7.65. The van der Waals surface area contributed by atoms with E-state index in [9.17, 15) is 19.2 Å². The lowest BCUT2D eigenvalue weighted by Gasteiger charge is -2.55. The molecule has 8 heteroatoms. The highest BCUT2D eigenvalue weighted by molar-refractivity contribution is 5.95. The van der Waals surface area contributed by atoms with Crippen molar-refractivity contribution in [2.24, 2.45) is 23.2 Å². The van der Waals surface area contributed by atoms with E-state index in [-0.39, 0.29) is 30.3 Å². The SMILES string of the molecule is O=C(COC(=O)CCNC(=O)C12CC3CC(CC(C3)C1)C2)NC(=O)NC1CC1. The van der Waals surface area contributed by atoms with Gasteiger partial charge in [-0.15, -0.1) is 0 Å². The van der Waals surface area contributed by atoms with E-state index in [1.165, 1.54) is 19.3 Å². The second kappa shape index (κ2) is 7.72. The van der Waals surface area contributed by atoms with Crippen molar-refractivity contribution < 1.29 is 23.9 Å². The van der Waals surface area contributed by atoms with Crippen LogP contribution < -0.4 is 16.0 Å². The van der Waals surface area contributed by atoms with Crippen LogP contribution in [0.4, 0.5) is 4.79 Å². The smallest absolute Gasteiger partial charge is 0.321 e. The molecule has 3 N–H and O–H groups in total. The molecule has 4 bridgehead atoms. The predicted molar refractivity (Wildman–Crippen MR) is 98.9 cm³/mol. The molecule has 0 heterocycles. The first-order valence-electron chi connectivity index (χ1n) is 10.5. The highest BCUT2D eigenvalue weighted by Crippen LogP contribution is 2.60. The second-order valence-corrected chi connectivity index (χ2v) is 9.16. The topological polar surface area (TPSA) is 114 Å². The number of imide groups is 1. The van der Waals surface area contributed by atoms with Gasteiger partial charge in [-0.05, 0) is 69.1 Å². The highest BCUT2D eigenvalue weighted by atomic mass is 16.5. The molecule has 5 fully saturated rings. The number of carbonyl (C=O) groups excluding carboxylic acids is 4. The summed E-state index contributed by atoms with van der Waals surface area (Å²) in [4.78, 5) is 47.6. The average Bonchev–Trinajstić information content (AvgIpc) is 3.42. The van der Waals surface area contributed by atoms with Gasteiger partial charge in [-0.2, -0.15) is 0 Å². The standard InChI is InChI=1S/C20H29N3O5/c24-16(23-19(27)22-15-1-2-15)11-28-17(25)3-4-21-18(26)20-8-12-5-13(9-20)7-14(6-12)10-20/h12-15H,1-11H2,(H,21,26)(H2,22,23,24,27). The molecule has 0 saturated heterocycles. The van der Waals surface area contributed by atoms with Gasteiger partial charge in [0, 0.05) is 18.0 Å². The van der Waals surface area contributed by atoms with E-state index >= 15 is 0 Å². The lowest BCUT2D eigenvalue weighted by atomic mass is 9.49. The lowest BCUT2D eigenvalue weighted by Crippen LogP contribution is -2.53. The van der Waals surface area contributed by atoms with E-state index < -0.39 is 24.5 Å². The van der Waals surface area contributed by atoms with Gasteiger partial charge in [0.2, 0.25) is 5.91 Å². The number of nitrogens with one attached hydrogen (secondary N) is 3. The fraction of sp³-hybridized carbons (Fsp3) is 0.800. The summed E-state index contributed by atoms with van der Waals surface area (Å²) in [6, 6.07) is -0.417. The van der Waals surface area contributed by atoms with Crippen LogP contribution in [0.25, 0.3) is 0 Å². The molecule has 0 unspecified atom stereocenters. The van der Waals surface area contributed by atoms with Gasteiger partial charge in [-0.25, -0.2) is 4.79 Å². The van der Waals surface area contributed by atoms with Crippen LogP contribution in [-0.2, 0) is 19.1 Å². The Morgan fingerprint density at radius 1 is 0.929 bits per heavy atom. The Labute approximate surface area is 164 Å². The first kappa shape index (κ1) is 19.2. The van der Waals surface area contributed by atoms with Crippen LogP contribution in [0.15, 0.2) is 0 Å². The van der Waals surface area contributed by atoms with E-state index in [0.29, 0.717) is 17.8 Å². The lowest BCUT2D eigenvalue weighted by molar-refractivity contribution is -0.149. The van der Waals surface area contributed by atoms with Crippen molar-refractivity contribution in [2.75, 3.05) is 13.2 Å². The molecule has 5 rings (SSSR count). The molecule has 0 atom stereocenters. The zero-order valence-corrected chi connectivity index (χ0v) is 16.1. The number of urea groups is 1. The Kier molecular flexibility index (Phi) is 5.29. The third-order valence-corrected chi connectivity index (χ3v) is 6.66. The number of rotatable bonds is 7. The van der Waals surface area contributed by atoms with E-state index in [1.54, 1.807) is 0 Å². The fourth-order valence-electron chi connectivity index (χ4n) is 5.68. The van der Waals surface area contributed by atoms with Gasteiger partial charge in [0.05, 0.1) is 6.42 Å². The molecule has 0 aromatic carbocycles. The van der Waals surface area contributed by atoms with Crippen molar-refractivity contribution >= 4 is 23.8 Å². The fourth-order valence-corrected chi connectivity index (χ4v) is 5.68.